The molecule has 0 aromatic heterocycles. The van der Waals surface area contributed by atoms with E-state index in [0.717, 1.165) is 11.3 Å². The van der Waals surface area contributed by atoms with E-state index < -0.39 is 0 Å². The first-order chi connectivity index (χ1) is 8.26. The van der Waals surface area contributed by atoms with Gasteiger partial charge in [-0.25, -0.2) is 0 Å². The molecule has 0 aliphatic rings. The quantitative estimate of drug-likeness (QED) is 0.736. The van der Waals surface area contributed by atoms with Gasteiger partial charge in [0, 0.05) is 26.8 Å². The second kappa shape index (κ2) is 10.3. The van der Waals surface area contributed by atoms with Gasteiger partial charge in [-0.15, -0.1) is 0 Å². The number of rotatable bonds is 5. The van der Waals surface area contributed by atoms with Gasteiger partial charge in [0.1, 0.15) is 0 Å². The van der Waals surface area contributed by atoms with Crippen LogP contribution < -0.4 is 11.1 Å². The van der Waals surface area contributed by atoms with Crippen molar-refractivity contribution in [1.29, 1.82) is 0 Å². The lowest BCUT2D eigenvalue weighted by atomic mass is 10.1. The van der Waals surface area contributed by atoms with E-state index in [4.69, 9.17) is 5.73 Å². The van der Waals surface area contributed by atoms with E-state index in [9.17, 15) is 0 Å². The largest absolute Gasteiger partial charge is 0.386 e. The van der Waals surface area contributed by atoms with E-state index >= 15 is 0 Å². The highest BCUT2D eigenvalue weighted by Crippen LogP contribution is 2.07. The zero-order chi connectivity index (χ0) is 14.7. The predicted octanol–water partition coefficient (Wildman–Crippen LogP) is 2.78. The topological polar surface area (TPSA) is 41.3 Å². The Hall–Kier alpha value is -1.90. The third-order valence-electron chi connectivity index (χ3n) is 2.22. The molecule has 0 radical (unpaired) electrons. The van der Waals surface area contributed by atoms with E-state index in [1.807, 2.05) is 38.1 Å². The number of hydrogen-bond acceptors (Lipinski definition) is 3. The molecule has 0 unspecified atom stereocenters. The van der Waals surface area contributed by atoms with Gasteiger partial charge in [0.05, 0.1) is 5.82 Å². The molecule has 18 heavy (non-hydrogen) atoms. The molecule has 0 atom stereocenters. The predicted molar refractivity (Wildman–Crippen MR) is 82.9 cm³/mol. The van der Waals surface area contributed by atoms with Crippen molar-refractivity contribution < 1.29 is 0 Å². The summed E-state index contributed by atoms with van der Waals surface area (Å²) in [5.41, 5.74) is 8.38. The first-order valence-electron chi connectivity index (χ1n) is 5.72. The molecule has 0 rings (SSSR count). The third kappa shape index (κ3) is 10.6. The molecule has 0 aromatic carbocycles. The molecule has 3 heteroatoms. The van der Waals surface area contributed by atoms with E-state index in [1.54, 1.807) is 7.05 Å². The molecule has 0 amide bonds. The fourth-order valence-corrected chi connectivity index (χ4v) is 0.752. The number of nitrogens with two attached hydrogens (primary N) is 1. The summed E-state index contributed by atoms with van der Waals surface area (Å²) in [6.07, 6.45) is 5.93. The van der Waals surface area contributed by atoms with Crippen molar-refractivity contribution in [3.05, 3.63) is 60.6 Å². The molecule has 102 valence electrons. The molecule has 0 saturated heterocycles. The van der Waals surface area contributed by atoms with Crippen LogP contribution in [0.2, 0.25) is 0 Å². The van der Waals surface area contributed by atoms with Crippen LogP contribution in [0, 0.1) is 0 Å². The van der Waals surface area contributed by atoms with Gasteiger partial charge in [0.15, 0.2) is 0 Å². The Labute approximate surface area is 112 Å². The van der Waals surface area contributed by atoms with Crippen LogP contribution in [0.5, 0.6) is 0 Å². The smallest absolute Gasteiger partial charge is 0.0883 e. The highest BCUT2D eigenvalue weighted by atomic mass is 15.1. The highest BCUT2D eigenvalue weighted by molar-refractivity contribution is 5.31. The van der Waals surface area contributed by atoms with Gasteiger partial charge in [-0.2, -0.15) is 0 Å². The average Bonchev–Trinajstić information content (AvgIpc) is 2.29. The SMILES string of the molecule is C=C(N)NC.C=C/C(=C\C=C(/C)C(=C)C)N(C)C. The van der Waals surface area contributed by atoms with E-state index in [0.29, 0.717) is 5.82 Å². The minimum Gasteiger partial charge on any atom is -0.386 e. The van der Waals surface area contributed by atoms with Crippen LogP contribution in [0.4, 0.5) is 0 Å². The van der Waals surface area contributed by atoms with Crippen LogP contribution in [-0.4, -0.2) is 26.0 Å². The molecule has 0 spiro atoms. The summed E-state index contributed by atoms with van der Waals surface area (Å²) in [7, 11) is 5.72. The molecule has 0 heterocycles. The molecule has 3 N–H and O–H groups in total. The van der Waals surface area contributed by atoms with E-state index in [2.05, 4.69) is 38.1 Å². The summed E-state index contributed by atoms with van der Waals surface area (Å²) < 4.78 is 0. The number of nitrogens with one attached hydrogen (secondary N) is 1. The Morgan fingerprint density at radius 2 is 1.61 bits per heavy atom. The summed E-state index contributed by atoms with van der Waals surface area (Å²) in [5, 5.41) is 2.61. The standard InChI is InChI=1S/C12H19N.C3H8N2/c1-7-12(13(5)6)9-8-11(4)10(2)3;1-3(4)5-2/h7-9H,1-2H2,3-6H3;5H,1,4H2,2H3/b11-8+,12-9+;. The number of allylic oxidation sites excluding steroid dienone is 5. The molecule has 0 aromatic rings. The lowest BCUT2D eigenvalue weighted by Gasteiger charge is -2.12. The second-order valence-corrected chi connectivity index (χ2v) is 4.10. The molecule has 3 nitrogen and oxygen atoms in total. The lowest BCUT2D eigenvalue weighted by molar-refractivity contribution is 0.530. The summed E-state index contributed by atoms with van der Waals surface area (Å²) in [6.45, 7) is 15.0. The third-order valence-corrected chi connectivity index (χ3v) is 2.22. The fourth-order valence-electron chi connectivity index (χ4n) is 0.752. The Kier molecular flexibility index (Phi) is 10.5. The molecule has 0 aliphatic heterocycles. The maximum atomic E-state index is 4.99. The maximum absolute atomic E-state index is 4.99. The van der Waals surface area contributed by atoms with Gasteiger partial charge in [-0.05, 0) is 31.6 Å². The Morgan fingerprint density at radius 1 is 1.17 bits per heavy atom. The van der Waals surface area contributed by atoms with Crippen molar-refractivity contribution in [1.82, 2.24) is 10.2 Å². The van der Waals surface area contributed by atoms with Gasteiger partial charge >= 0.3 is 0 Å². The fraction of sp³-hybridized carbons (Fsp3) is 0.333. The normalized spacial score (nSPS) is 10.9. The van der Waals surface area contributed by atoms with Crippen molar-refractivity contribution in [2.24, 2.45) is 5.73 Å². The van der Waals surface area contributed by atoms with Crippen LogP contribution in [-0.2, 0) is 0 Å². The Balaban J connectivity index is 0. The van der Waals surface area contributed by atoms with Crippen LogP contribution in [0.3, 0.4) is 0 Å². The van der Waals surface area contributed by atoms with E-state index in [1.165, 1.54) is 5.57 Å². The van der Waals surface area contributed by atoms with Crippen molar-refractivity contribution in [2.75, 3.05) is 21.1 Å². The number of nitrogens with zero attached hydrogens (tertiary/aromatic N) is 1. The molecule has 0 fully saturated rings. The van der Waals surface area contributed by atoms with Gasteiger partial charge < -0.3 is 16.0 Å². The lowest BCUT2D eigenvalue weighted by Crippen LogP contribution is -2.11. The minimum atomic E-state index is 0.505. The van der Waals surface area contributed by atoms with Crippen LogP contribution in [0.1, 0.15) is 13.8 Å². The van der Waals surface area contributed by atoms with Crippen LogP contribution in [0.15, 0.2) is 60.6 Å². The molecular formula is C15H27N3. The molecule has 0 aliphatic carbocycles. The van der Waals surface area contributed by atoms with Gasteiger partial charge in [0.25, 0.3) is 0 Å². The van der Waals surface area contributed by atoms with Crippen molar-refractivity contribution in [2.45, 2.75) is 13.8 Å². The summed E-state index contributed by atoms with van der Waals surface area (Å²) in [4.78, 5) is 2.02. The maximum Gasteiger partial charge on any atom is 0.0883 e. The molecular weight excluding hydrogens is 222 g/mol. The summed E-state index contributed by atoms with van der Waals surface area (Å²) in [5.74, 6) is 0.505. The van der Waals surface area contributed by atoms with Crippen molar-refractivity contribution >= 4 is 0 Å². The summed E-state index contributed by atoms with van der Waals surface area (Å²) in [6, 6.07) is 0. The second-order valence-electron chi connectivity index (χ2n) is 4.10. The number of likely N-dealkylation sites (N-methyl/N-ethyl adjacent to an activating group) is 1. The van der Waals surface area contributed by atoms with Gasteiger partial charge in [-0.3, -0.25) is 0 Å². The minimum absolute atomic E-state index is 0.505. The van der Waals surface area contributed by atoms with Crippen molar-refractivity contribution in [3.63, 3.8) is 0 Å². The first kappa shape index (κ1) is 18.5. The highest BCUT2D eigenvalue weighted by Gasteiger charge is 1.91. The Bertz CT molecular complexity index is 347. The van der Waals surface area contributed by atoms with Gasteiger partial charge in [0.2, 0.25) is 0 Å². The zero-order valence-corrected chi connectivity index (χ0v) is 12.4. The van der Waals surface area contributed by atoms with Crippen molar-refractivity contribution in [3.8, 4) is 0 Å². The Morgan fingerprint density at radius 3 is 1.83 bits per heavy atom. The molecule has 0 saturated carbocycles. The zero-order valence-electron chi connectivity index (χ0n) is 12.4. The summed E-state index contributed by atoms with van der Waals surface area (Å²) >= 11 is 0. The average molecular weight is 249 g/mol. The van der Waals surface area contributed by atoms with E-state index in [-0.39, 0.29) is 0 Å². The van der Waals surface area contributed by atoms with Crippen LogP contribution in [0.25, 0.3) is 0 Å². The van der Waals surface area contributed by atoms with Gasteiger partial charge in [-0.1, -0.05) is 31.4 Å². The molecule has 0 bridgehead atoms. The monoisotopic (exact) mass is 249 g/mol. The number of hydrogen-bond donors (Lipinski definition) is 2. The first-order valence-corrected chi connectivity index (χ1v) is 5.72. The van der Waals surface area contributed by atoms with Crippen LogP contribution >= 0.6 is 0 Å².